The first kappa shape index (κ1) is 56.8. The number of nitrogens with one attached hydrogen (secondary N) is 6. The standard InChI is InChI=1S/C35H57N7O24/c1-11(46)22(33(61)62)42-31(59)14(3-4-20(49)50)40-32(60)15(5-21(51)52)39-19(48)6-37-30(58)16(7-43)41-29(57)13(36)10-63-34-23(38-12(2)47)25(54)28(18(9-45)65-34)66-35-27(56)26(55)24(53)17(8-44)64-35/h11,13-18,22-28,34-35,43-46,53-56H,3-10,36H2,1-2H3,(H,37,58)(H,38,47)(H,39,48)(H,40,60)(H,41,57)(H,42,59)(H,49,50)(H,51,52)(H,61,62)/t11-,13+,14+,15+,16+,17-,18-,22+,23-,24+,25-,26+,27-,28+,34+,35+/m1/s1. The molecule has 0 aromatic carbocycles. The number of rotatable bonds is 26. The third-order valence-electron chi connectivity index (χ3n) is 9.73. The monoisotopic (exact) mass is 959 g/mol. The highest BCUT2D eigenvalue weighted by Gasteiger charge is 2.51. The third-order valence-corrected chi connectivity index (χ3v) is 9.73. The van der Waals surface area contributed by atoms with Gasteiger partial charge in [0.1, 0.15) is 72.9 Å². The molecule has 66 heavy (non-hydrogen) atoms. The van der Waals surface area contributed by atoms with Crippen molar-refractivity contribution >= 4 is 53.4 Å². The Balaban J connectivity index is 2.06. The van der Waals surface area contributed by atoms with E-state index in [0.717, 1.165) is 13.8 Å². The van der Waals surface area contributed by atoms with Crippen LogP contribution in [0.15, 0.2) is 0 Å². The zero-order chi connectivity index (χ0) is 50.2. The van der Waals surface area contributed by atoms with Gasteiger partial charge in [-0.2, -0.15) is 0 Å². The summed E-state index contributed by atoms with van der Waals surface area (Å²) in [5.41, 5.74) is 5.90. The highest BCUT2D eigenvalue weighted by Crippen LogP contribution is 2.29. The predicted octanol–water partition coefficient (Wildman–Crippen LogP) is -11.0. The molecule has 0 unspecified atom stereocenters. The molecule has 31 heteroatoms. The van der Waals surface area contributed by atoms with Crippen LogP contribution in [0.3, 0.4) is 0 Å². The van der Waals surface area contributed by atoms with Gasteiger partial charge < -0.3 is 113 Å². The van der Waals surface area contributed by atoms with Crippen LogP contribution in [-0.2, 0) is 62.1 Å². The molecule has 2 aliphatic heterocycles. The quantitative estimate of drug-likeness (QED) is 0.0383. The molecule has 2 fully saturated rings. The number of hydrogen-bond donors (Lipinski definition) is 18. The molecule has 6 amide bonds. The molecule has 0 aromatic heterocycles. The Morgan fingerprint density at radius 1 is 0.697 bits per heavy atom. The number of carboxylic acid groups (broad SMARTS) is 3. The van der Waals surface area contributed by atoms with Gasteiger partial charge in [0.05, 0.1) is 45.5 Å². The fourth-order valence-electron chi connectivity index (χ4n) is 6.22. The SMILES string of the molecule is CC(=O)N[C@H]1[C@@H](OC[C@H](N)C(=O)N[C@@H](CO)C(=O)NCC(=O)N[C@@H](CC(=O)O)C(=O)N[C@@H](CCC(=O)O)C(=O)N[C@H](C(=O)O)[C@@H](C)O)O[C@H](CO)[C@H](O[C@@H]2O[C@H](CO)[C@H](O)[C@H](O)[C@H]2O)[C@@H]1O. The summed E-state index contributed by atoms with van der Waals surface area (Å²) in [5.74, 6) is -11.9. The minimum Gasteiger partial charge on any atom is -0.481 e. The van der Waals surface area contributed by atoms with Gasteiger partial charge in [0.15, 0.2) is 18.6 Å². The zero-order valence-electron chi connectivity index (χ0n) is 35.2. The first-order chi connectivity index (χ1) is 30.9. The minimum atomic E-state index is -1.99. The van der Waals surface area contributed by atoms with Crippen molar-refractivity contribution < 1.29 is 118 Å². The lowest BCUT2D eigenvalue weighted by atomic mass is 9.95. The van der Waals surface area contributed by atoms with E-state index in [1.165, 1.54) is 0 Å². The molecule has 0 aliphatic carbocycles. The summed E-state index contributed by atoms with van der Waals surface area (Å²) >= 11 is 0. The van der Waals surface area contributed by atoms with Crippen LogP contribution in [0.5, 0.6) is 0 Å². The van der Waals surface area contributed by atoms with Crippen molar-refractivity contribution in [3.8, 4) is 0 Å². The average Bonchev–Trinajstić information content (AvgIpc) is 3.24. The molecular weight excluding hydrogens is 902 g/mol. The molecule has 16 atom stereocenters. The van der Waals surface area contributed by atoms with Crippen LogP contribution in [0.25, 0.3) is 0 Å². The van der Waals surface area contributed by atoms with E-state index >= 15 is 0 Å². The number of aliphatic hydroxyl groups excluding tert-OH is 8. The van der Waals surface area contributed by atoms with Gasteiger partial charge in [-0.1, -0.05) is 0 Å². The maximum absolute atomic E-state index is 13.0. The Morgan fingerprint density at radius 2 is 1.29 bits per heavy atom. The van der Waals surface area contributed by atoms with Crippen molar-refractivity contribution in [1.82, 2.24) is 31.9 Å². The van der Waals surface area contributed by atoms with Crippen LogP contribution < -0.4 is 37.6 Å². The van der Waals surface area contributed by atoms with Crippen molar-refractivity contribution in [2.45, 2.75) is 131 Å². The van der Waals surface area contributed by atoms with E-state index in [-0.39, 0.29) is 0 Å². The van der Waals surface area contributed by atoms with Crippen LogP contribution in [0.2, 0.25) is 0 Å². The number of amides is 6. The lowest BCUT2D eigenvalue weighted by Gasteiger charge is -2.47. The molecule has 2 saturated heterocycles. The Kier molecular flexibility index (Phi) is 23.0. The lowest BCUT2D eigenvalue weighted by Crippen LogP contribution is -2.67. The molecule has 0 radical (unpaired) electrons. The first-order valence-corrected chi connectivity index (χ1v) is 19.8. The Hall–Kier alpha value is -5.29. The highest BCUT2D eigenvalue weighted by molar-refractivity contribution is 5.96. The van der Waals surface area contributed by atoms with Crippen LogP contribution in [0.4, 0.5) is 0 Å². The minimum absolute atomic E-state index is 0.654. The van der Waals surface area contributed by atoms with Gasteiger partial charge in [0.2, 0.25) is 35.4 Å². The van der Waals surface area contributed by atoms with E-state index in [9.17, 15) is 94.2 Å². The number of nitrogens with two attached hydrogens (primary N) is 1. The van der Waals surface area contributed by atoms with Crippen LogP contribution in [0.1, 0.15) is 33.1 Å². The summed E-state index contributed by atoms with van der Waals surface area (Å²) in [5, 5.41) is 121. The van der Waals surface area contributed by atoms with Gasteiger partial charge in [-0.25, -0.2) is 4.79 Å². The molecule has 376 valence electrons. The number of aliphatic hydroxyl groups is 8. The second-order valence-electron chi connectivity index (χ2n) is 14.9. The highest BCUT2D eigenvalue weighted by atomic mass is 16.7. The molecule has 2 heterocycles. The second-order valence-corrected chi connectivity index (χ2v) is 14.9. The number of aliphatic carboxylic acids is 3. The maximum Gasteiger partial charge on any atom is 0.328 e. The normalized spacial score (nSPS) is 27.9. The van der Waals surface area contributed by atoms with Crippen molar-refractivity contribution in [3.05, 3.63) is 0 Å². The van der Waals surface area contributed by atoms with Crippen molar-refractivity contribution in [2.75, 3.05) is 33.0 Å². The smallest absolute Gasteiger partial charge is 0.328 e. The van der Waals surface area contributed by atoms with Crippen LogP contribution in [0, 0.1) is 0 Å². The molecule has 0 aromatic rings. The number of carbonyl (C=O) groups excluding carboxylic acids is 6. The van der Waals surface area contributed by atoms with Crippen molar-refractivity contribution in [1.29, 1.82) is 0 Å². The van der Waals surface area contributed by atoms with E-state index < -0.39 is 203 Å². The molecular formula is C35H57N7O24. The van der Waals surface area contributed by atoms with Gasteiger partial charge in [-0.3, -0.25) is 38.4 Å². The number of hydrogen-bond acceptors (Lipinski definition) is 22. The molecule has 2 rings (SSSR count). The summed E-state index contributed by atoms with van der Waals surface area (Å²) in [6.07, 6.45) is -19.7. The summed E-state index contributed by atoms with van der Waals surface area (Å²) in [7, 11) is 0. The van der Waals surface area contributed by atoms with Crippen molar-refractivity contribution in [3.63, 3.8) is 0 Å². The number of carbonyl (C=O) groups is 9. The number of carboxylic acids is 3. The van der Waals surface area contributed by atoms with Gasteiger partial charge in [0.25, 0.3) is 0 Å². The summed E-state index contributed by atoms with van der Waals surface area (Å²) in [6, 6.07) is -10.8. The largest absolute Gasteiger partial charge is 0.481 e. The Morgan fingerprint density at radius 3 is 1.82 bits per heavy atom. The molecule has 0 spiro atoms. The Labute approximate surface area is 372 Å². The average molecular weight is 960 g/mol. The fraction of sp³-hybridized carbons (Fsp3) is 0.743. The maximum atomic E-state index is 13.0. The van der Waals surface area contributed by atoms with Crippen molar-refractivity contribution in [2.24, 2.45) is 5.73 Å². The molecule has 0 bridgehead atoms. The number of ether oxygens (including phenoxy) is 4. The lowest BCUT2D eigenvalue weighted by molar-refractivity contribution is -0.348. The van der Waals surface area contributed by atoms with E-state index in [2.05, 4.69) is 10.6 Å². The van der Waals surface area contributed by atoms with E-state index in [0.29, 0.717) is 0 Å². The first-order valence-electron chi connectivity index (χ1n) is 19.8. The molecule has 2 aliphatic rings. The van der Waals surface area contributed by atoms with Crippen LogP contribution >= 0.6 is 0 Å². The van der Waals surface area contributed by atoms with Gasteiger partial charge >= 0.3 is 17.9 Å². The summed E-state index contributed by atoms with van der Waals surface area (Å²) < 4.78 is 22.1. The van der Waals surface area contributed by atoms with Gasteiger partial charge in [-0.05, 0) is 13.3 Å². The van der Waals surface area contributed by atoms with Gasteiger partial charge in [-0.15, -0.1) is 0 Å². The van der Waals surface area contributed by atoms with E-state index in [1.807, 2.05) is 21.3 Å². The van der Waals surface area contributed by atoms with E-state index in [1.54, 1.807) is 0 Å². The molecule has 31 nitrogen and oxygen atoms in total. The Bertz CT molecular complexity index is 1710. The second kappa shape index (κ2) is 26.8. The topological polar surface area (TPSA) is 511 Å². The van der Waals surface area contributed by atoms with Crippen LogP contribution in [-0.4, -0.2) is 240 Å². The molecule has 0 saturated carbocycles. The summed E-state index contributed by atoms with van der Waals surface area (Å²) in [4.78, 5) is 111. The summed E-state index contributed by atoms with van der Waals surface area (Å²) in [6.45, 7) is -2.62. The van der Waals surface area contributed by atoms with E-state index in [4.69, 9.17) is 29.8 Å². The predicted molar refractivity (Wildman–Crippen MR) is 208 cm³/mol. The zero-order valence-corrected chi connectivity index (χ0v) is 35.2. The fourth-order valence-corrected chi connectivity index (χ4v) is 6.22. The van der Waals surface area contributed by atoms with Gasteiger partial charge in [0, 0.05) is 13.3 Å². The third kappa shape index (κ3) is 16.9. The molecule has 19 N–H and O–H groups in total.